The first-order valence-corrected chi connectivity index (χ1v) is 16.6. The summed E-state index contributed by atoms with van der Waals surface area (Å²) in [4.78, 5) is 10.2. The molecule has 0 saturated carbocycles. The minimum atomic E-state index is 0.725. The highest BCUT2D eigenvalue weighted by Crippen LogP contribution is 2.45. The van der Waals surface area contributed by atoms with Gasteiger partial charge in [0.15, 0.2) is 5.82 Å². The zero-order chi connectivity index (χ0) is 31.2. The second-order valence-electron chi connectivity index (χ2n) is 11.8. The summed E-state index contributed by atoms with van der Waals surface area (Å²) in [7, 11) is 0. The maximum atomic E-state index is 5.20. The SMILES string of the molecule is c1ccc(-c2cc(-c3ccc(-c4ccc(-c5cccc6ccccc56)cc4)c4sc5ccccc5c34)nc(-c3ccccc3)n2)cc1. The normalized spacial score (nSPS) is 11.4. The third-order valence-corrected chi connectivity index (χ3v) is 10.1. The maximum Gasteiger partial charge on any atom is 0.160 e. The van der Waals surface area contributed by atoms with Crippen molar-refractivity contribution in [1.29, 1.82) is 0 Å². The van der Waals surface area contributed by atoms with Gasteiger partial charge in [-0.25, -0.2) is 9.97 Å². The Morgan fingerprint density at radius 1 is 0.383 bits per heavy atom. The van der Waals surface area contributed by atoms with Gasteiger partial charge in [0.2, 0.25) is 0 Å². The maximum absolute atomic E-state index is 5.20. The Morgan fingerprint density at radius 3 is 1.77 bits per heavy atom. The van der Waals surface area contributed by atoms with E-state index in [2.05, 4.69) is 146 Å². The first kappa shape index (κ1) is 27.4. The van der Waals surface area contributed by atoms with Crippen LogP contribution in [0.4, 0.5) is 0 Å². The Bertz CT molecular complexity index is 2490. The van der Waals surface area contributed by atoms with Gasteiger partial charge >= 0.3 is 0 Å². The van der Waals surface area contributed by atoms with Crippen LogP contribution >= 0.6 is 11.3 Å². The summed E-state index contributed by atoms with van der Waals surface area (Å²) in [5.74, 6) is 0.725. The standard InChI is InChI=1S/C44H28N2S/c1-3-13-32(14-4-1)39-28-40(46-44(45-39)33-15-5-2-6-16-33)37-27-26-36(43-42(37)38-19-9-10-21-41(38)47-43)31-24-22-30(23-25-31)35-20-11-17-29-12-7-8-18-34(29)35/h1-28H. The van der Waals surface area contributed by atoms with Crippen LogP contribution in [0.1, 0.15) is 0 Å². The fourth-order valence-electron chi connectivity index (χ4n) is 6.63. The molecular formula is C44H28N2S. The minimum absolute atomic E-state index is 0.725. The van der Waals surface area contributed by atoms with Crippen molar-refractivity contribution in [3.63, 3.8) is 0 Å². The van der Waals surface area contributed by atoms with Gasteiger partial charge in [-0.05, 0) is 45.2 Å². The van der Waals surface area contributed by atoms with Crippen LogP contribution in [-0.2, 0) is 0 Å². The summed E-state index contributed by atoms with van der Waals surface area (Å²) >= 11 is 1.85. The number of benzene rings is 7. The van der Waals surface area contributed by atoms with E-state index in [1.165, 1.54) is 53.2 Å². The van der Waals surface area contributed by atoms with Crippen LogP contribution in [0.3, 0.4) is 0 Å². The molecule has 9 aromatic rings. The van der Waals surface area contributed by atoms with E-state index in [9.17, 15) is 0 Å². The first-order valence-electron chi connectivity index (χ1n) is 15.8. The van der Waals surface area contributed by atoms with Crippen LogP contribution < -0.4 is 0 Å². The molecule has 47 heavy (non-hydrogen) atoms. The van der Waals surface area contributed by atoms with E-state index in [-0.39, 0.29) is 0 Å². The molecule has 7 aromatic carbocycles. The molecule has 0 fully saturated rings. The largest absolute Gasteiger partial charge is 0.228 e. The molecule has 3 heteroatoms. The van der Waals surface area contributed by atoms with Crippen molar-refractivity contribution in [3.05, 3.63) is 170 Å². The van der Waals surface area contributed by atoms with Crippen LogP contribution in [-0.4, -0.2) is 9.97 Å². The summed E-state index contributed by atoms with van der Waals surface area (Å²) in [6, 6.07) is 60.2. The highest BCUT2D eigenvalue weighted by atomic mass is 32.1. The summed E-state index contributed by atoms with van der Waals surface area (Å²) < 4.78 is 2.53. The molecule has 0 amide bonds. The Labute approximate surface area is 277 Å². The van der Waals surface area contributed by atoms with E-state index in [4.69, 9.17) is 9.97 Å². The molecule has 2 heterocycles. The number of hydrogen-bond acceptors (Lipinski definition) is 3. The van der Waals surface area contributed by atoms with Crippen molar-refractivity contribution in [2.24, 2.45) is 0 Å². The van der Waals surface area contributed by atoms with Gasteiger partial charge in [-0.15, -0.1) is 11.3 Å². The lowest BCUT2D eigenvalue weighted by atomic mass is 9.94. The van der Waals surface area contributed by atoms with E-state index in [0.717, 1.165) is 33.9 Å². The molecule has 0 aliphatic rings. The number of nitrogens with zero attached hydrogens (tertiary/aromatic N) is 2. The molecule has 9 rings (SSSR count). The zero-order valence-electron chi connectivity index (χ0n) is 25.5. The number of fused-ring (bicyclic) bond motifs is 4. The summed E-state index contributed by atoms with van der Waals surface area (Å²) in [6.07, 6.45) is 0. The van der Waals surface area contributed by atoms with Gasteiger partial charge in [0, 0.05) is 36.9 Å². The average molecular weight is 617 g/mol. The highest BCUT2D eigenvalue weighted by molar-refractivity contribution is 7.26. The molecule has 0 unspecified atom stereocenters. The smallest absolute Gasteiger partial charge is 0.160 e. The molecule has 0 N–H and O–H groups in total. The second kappa shape index (κ2) is 11.5. The Hall–Kier alpha value is -5.90. The number of aromatic nitrogens is 2. The lowest BCUT2D eigenvalue weighted by Gasteiger charge is -2.13. The quantitative estimate of drug-likeness (QED) is 0.192. The molecule has 0 bridgehead atoms. The van der Waals surface area contributed by atoms with E-state index < -0.39 is 0 Å². The average Bonchev–Trinajstić information content (AvgIpc) is 3.55. The van der Waals surface area contributed by atoms with Gasteiger partial charge in [0.25, 0.3) is 0 Å². The molecule has 220 valence electrons. The molecular weight excluding hydrogens is 589 g/mol. The van der Waals surface area contributed by atoms with Crippen molar-refractivity contribution in [1.82, 2.24) is 9.97 Å². The fourth-order valence-corrected chi connectivity index (χ4v) is 7.90. The van der Waals surface area contributed by atoms with Gasteiger partial charge in [-0.3, -0.25) is 0 Å². The van der Waals surface area contributed by atoms with Crippen LogP contribution in [0.5, 0.6) is 0 Å². The Morgan fingerprint density at radius 2 is 0.979 bits per heavy atom. The van der Waals surface area contributed by atoms with E-state index in [0.29, 0.717) is 0 Å². The van der Waals surface area contributed by atoms with Gasteiger partial charge in [0.05, 0.1) is 11.4 Å². The summed E-state index contributed by atoms with van der Waals surface area (Å²) in [5.41, 5.74) is 9.93. The number of thiophene rings is 1. The predicted molar refractivity (Wildman–Crippen MR) is 200 cm³/mol. The minimum Gasteiger partial charge on any atom is -0.228 e. The van der Waals surface area contributed by atoms with Crippen molar-refractivity contribution in [2.75, 3.05) is 0 Å². The second-order valence-corrected chi connectivity index (χ2v) is 12.8. The molecule has 0 radical (unpaired) electrons. The Kier molecular flexibility index (Phi) is 6.69. The third kappa shape index (κ3) is 4.89. The van der Waals surface area contributed by atoms with Crippen molar-refractivity contribution < 1.29 is 0 Å². The van der Waals surface area contributed by atoms with Crippen LogP contribution in [0, 0.1) is 0 Å². The van der Waals surface area contributed by atoms with Crippen LogP contribution in [0.25, 0.3) is 87.1 Å². The lowest BCUT2D eigenvalue weighted by Crippen LogP contribution is -1.96. The van der Waals surface area contributed by atoms with Gasteiger partial charge in [-0.1, -0.05) is 158 Å². The molecule has 2 nitrogen and oxygen atoms in total. The predicted octanol–water partition coefficient (Wildman–Crippen LogP) is 12.3. The Balaban J connectivity index is 1.23. The lowest BCUT2D eigenvalue weighted by molar-refractivity contribution is 1.19. The van der Waals surface area contributed by atoms with Gasteiger partial charge in [0.1, 0.15) is 0 Å². The monoisotopic (exact) mass is 616 g/mol. The molecule has 0 spiro atoms. The number of hydrogen-bond donors (Lipinski definition) is 0. The molecule has 0 aliphatic carbocycles. The van der Waals surface area contributed by atoms with Crippen molar-refractivity contribution in [3.8, 4) is 56.2 Å². The third-order valence-electron chi connectivity index (χ3n) is 8.93. The topological polar surface area (TPSA) is 25.8 Å². The zero-order valence-corrected chi connectivity index (χ0v) is 26.3. The van der Waals surface area contributed by atoms with E-state index in [1.54, 1.807) is 0 Å². The van der Waals surface area contributed by atoms with Gasteiger partial charge in [-0.2, -0.15) is 0 Å². The number of rotatable bonds is 5. The van der Waals surface area contributed by atoms with E-state index in [1.807, 2.05) is 35.6 Å². The van der Waals surface area contributed by atoms with Crippen molar-refractivity contribution in [2.45, 2.75) is 0 Å². The first-order chi connectivity index (χ1) is 23.3. The highest BCUT2D eigenvalue weighted by Gasteiger charge is 2.18. The molecule has 0 saturated heterocycles. The molecule has 0 aliphatic heterocycles. The van der Waals surface area contributed by atoms with Crippen LogP contribution in [0.2, 0.25) is 0 Å². The molecule has 2 aromatic heterocycles. The van der Waals surface area contributed by atoms with Gasteiger partial charge < -0.3 is 0 Å². The fraction of sp³-hybridized carbons (Fsp3) is 0. The van der Waals surface area contributed by atoms with Crippen molar-refractivity contribution >= 4 is 42.3 Å². The van der Waals surface area contributed by atoms with Crippen LogP contribution in [0.15, 0.2) is 170 Å². The van der Waals surface area contributed by atoms with E-state index >= 15 is 0 Å². The summed E-state index contributed by atoms with van der Waals surface area (Å²) in [6.45, 7) is 0. The molecule has 0 atom stereocenters. The summed E-state index contributed by atoms with van der Waals surface area (Å²) in [5, 5.41) is 5.01.